The molecule has 0 aliphatic heterocycles. The molecule has 0 aliphatic carbocycles. The minimum absolute atomic E-state index is 0.263. The molecule has 0 bridgehead atoms. The van der Waals surface area contributed by atoms with Gasteiger partial charge >= 0.3 is 6.09 Å². The first kappa shape index (κ1) is 13.7. The van der Waals surface area contributed by atoms with Crippen molar-refractivity contribution in [2.45, 2.75) is 6.54 Å². The fourth-order valence-corrected chi connectivity index (χ4v) is 2.08. The molecular weight excluding hydrogens is 357 g/mol. The van der Waals surface area contributed by atoms with Crippen molar-refractivity contribution in [2.75, 3.05) is 0 Å². The summed E-state index contributed by atoms with van der Waals surface area (Å²) in [5.74, 6) is 1.45. The molecule has 0 aromatic heterocycles. The van der Waals surface area contributed by atoms with E-state index in [1.165, 1.54) is 0 Å². The summed E-state index contributed by atoms with van der Waals surface area (Å²) in [7, 11) is 0. The second-order valence-corrected chi connectivity index (χ2v) is 5.11. The minimum atomic E-state index is -1.04. The third-order valence-electron chi connectivity index (χ3n) is 2.37. The van der Waals surface area contributed by atoms with Gasteiger partial charge in [0, 0.05) is 10.1 Å². The largest absolute Gasteiger partial charge is 0.465 e. The summed E-state index contributed by atoms with van der Waals surface area (Å²) in [6.07, 6.45) is -1.04. The van der Waals surface area contributed by atoms with Crippen LogP contribution in [0, 0.1) is 3.57 Å². The lowest BCUT2D eigenvalue weighted by Gasteiger charge is -2.08. The van der Waals surface area contributed by atoms with Gasteiger partial charge in [-0.25, -0.2) is 4.79 Å². The van der Waals surface area contributed by atoms with Crippen LogP contribution in [-0.4, -0.2) is 11.2 Å². The number of halogens is 1. The third-order valence-corrected chi connectivity index (χ3v) is 3.04. The van der Waals surface area contributed by atoms with Crippen LogP contribution in [0.25, 0.3) is 0 Å². The number of hydrogen-bond donors (Lipinski definition) is 2. The average Bonchev–Trinajstić information content (AvgIpc) is 2.37. The van der Waals surface area contributed by atoms with Gasteiger partial charge in [-0.2, -0.15) is 0 Å². The number of ether oxygens (including phenoxy) is 1. The van der Waals surface area contributed by atoms with E-state index in [9.17, 15) is 4.79 Å². The van der Waals surface area contributed by atoms with Gasteiger partial charge in [0.25, 0.3) is 0 Å². The molecular formula is C14H12INO3. The molecule has 2 rings (SSSR count). The zero-order valence-corrected chi connectivity index (χ0v) is 12.1. The fraction of sp³-hybridized carbons (Fsp3) is 0.0714. The van der Waals surface area contributed by atoms with Crippen LogP contribution in [0.3, 0.4) is 0 Å². The molecule has 4 nitrogen and oxygen atoms in total. The molecule has 0 radical (unpaired) electrons. The van der Waals surface area contributed by atoms with Crippen LogP contribution in [0.5, 0.6) is 11.5 Å². The molecule has 0 aliphatic rings. The van der Waals surface area contributed by atoms with Crippen molar-refractivity contribution < 1.29 is 14.6 Å². The number of hydrogen-bond acceptors (Lipinski definition) is 2. The number of nitrogens with one attached hydrogen (secondary N) is 1. The molecule has 2 aromatic rings. The molecule has 0 atom stereocenters. The molecule has 2 aromatic carbocycles. The van der Waals surface area contributed by atoms with Gasteiger partial charge in [0.2, 0.25) is 0 Å². The van der Waals surface area contributed by atoms with E-state index < -0.39 is 6.09 Å². The van der Waals surface area contributed by atoms with Crippen molar-refractivity contribution >= 4 is 28.7 Å². The van der Waals surface area contributed by atoms with Crippen LogP contribution in [0.2, 0.25) is 0 Å². The monoisotopic (exact) mass is 369 g/mol. The lowest BCUT2D eigenvalue weighted by molar-refractivity contribution is 0.194. The predicted octanol–water partition coefficient (Wildman–Crippen LogP) is 3.85. The molecule has 0 spiro atoms. The molecule has 98 valence electrons. The Bertz CT molecular complexity index is 586. The Morgan fingerprint density at radius 3 is 2.53 bits per heavy atom. The Labute approximate surface area is 124 Å². The zero-order chi connectivity index (χ0) is 13.7. The summed E-state index contributed by atoms with van der Waals surface area (Å²) >= 11 is 2.22. The first-order valence-electron chi connectivity index (χ1n) is 5.62. The number of benzene rings is 2. The van der Waals surface area contributed by atoms with Crippen molar-refractivity contribution in [3.05, 3.63) is 57.7 Å². The van der Waals surface area contributed by atoms with Gasteiger partial charge in [0.05, 0.1) is 0 Å². The zero-order valence-electron chi connectivity index (χ0n) is 9.97. The van der Waals surface area contributed by atoms with Gasteiger partial charge in [0.15, 0.2) is 0 Å². The number of carbonyl (C=O) groups is 1. The normalized spacial score (nSPS) is 9.95. The van der Waals surface area contributed by atoms with Crippen LogP contribution in [0.4, 0.5) is 4.79 Å². The highest BCUT2D eigenvalue weighted by Crippen LogP contribution is 2.23. The first-order valence-corrected chi connectivity index (χ1v) is 6.70. The van der Waals surface area contributed by atoms with Crippen molar-refractivity contribution in [3.63, 3.8) is 0 Å². The Hall–Kier alpha value is -1.76. The van der Waals surface area contributed by atoms with E-state index in [2.05, 4.69) is 27.9 Å². The second-order valence-electron chi connectivity index (χ2n) is 3.87. The van der Waals surface area contributed by atoms with E-state index in [1.54, 1.807) is 0 Å². The van der Waals surface area contributed by atoms with E-state index in [-0.39, 0.29) is 6.54 Å². The smallest absolute Gasteiger partial charge is 0.404 e. The van der Waals surface area contributed by atoms with Crippen LogP contribution >= 0.6 is 22.6 Å². The predicted molar refractivity (Wildman–Crippen MR) is 80.5 cm³/mol. The summed E-state index contributed by atoms with van der Waals surface area (Å²) in [6.45, 7) is 0.263. The summed E-state index contributed by atoms with van der Waals surface area (Å²) in [4.78, 5) is 10.4. The van der Waals surface area contributed by atoms with Crippen LogP contribution in [0.1, 0.15) is 5.56 Å². The molecule has 0 unspecified atom stereocenters. The van der Waals surface area contributed by atoms with E-state index in [0.717, 1.165) is 14.9 Å². The topological polar surface area (TPSA) is 58.6 Å². The van der Waals surface area contributed by atoms with Crippen molar-refractivity contribution in [2.24, 2.45) is 0 Å². The highest BCUT2D eigenvalue weighted by Gasteiger charge is 2.01. The summed E-state index contributed by atoms with van der Waals surface area (Å²) < 4.78 is 6.82. The van der Waals surface area contributed by atoms with Crippen LogP contribution < -0.4 is 10.1 Å². The molecule has 0 heterocycles. The van der Waals surface area contributed by atoms with Gasteiger partial charge in [-0.05, 0) is 58.5 Å². The highest BCUT2D eigenvalue weighted by molar-refractivity contribution is 14.1. The maximum absolute atomic E-state index is 10.4. The van der Waals surface area contributed by atoms with Gasteiger partial charge in [-0.1, -0.05) is 18.2 Å². The lowest BCUT2D eigenvalue weighted by atomic mass is 10.2. The lowest BCUT2D eigenvalue weighted by Crippen LogP contribution is -2.19. The summed E-state index contributed by atoms with van der Waals surface area (Å²) in [5.41, 5.74) is 0.852. The standard InChI is InChI=1S/C14H12INO3/c15-11-4-2-6-13(8-11)19-12-5-1-3-10(7-12)9-16-14(17)18/h1-8,16H,9H2,(H,17,18). The quantitative estimate of drug-likeness (QED) is 0.805. The molecule has 0 saturated carbocycles. The average molecular weight is 369 g/mol. The molecule has 2 N–H and O–H groups in total. The van der Waals surface area contributed by atoms with Gasteiger partial charge in [-0.15, -0.1) is 0 Å². The van der Waals surface area contributed by atoms with Crippen LogP contribution in [-0.2, 0) is 6.54 Å². The van der Waals surface area contributed by atoms with E-state index in [0.29, 0.717) is 5.75 Å². The minimum Gasteiger partial charge on any atom is -0.465 e. The van der Waals surface area contributed by atoms with Gasteiger partial charge in [-0.3, -0.25) is 0 Å². The van der Waals surface area contributed by atoms with Crippen LogP contribution in [0.15, 0.2) is 48.5 Å². The maximum Gasteiger partial charge on any atom is 0.404 e. The van der Waals surface area contributed by atoms with Crippen molar-refractivity contribution in [1.29, 1.82) is 0 Å². The molecule has 19 heavy (non-hydrogen) atoms. The van der Waals surface area contributed by atoms with E-state index in [4.69, 9.17) is 9.84 Å². The fourth-order valence-electron chi connectivity index (χ4n) is 1.56. The Morgan fingerprint density at radius 1 is 1.16 bits per heavy atom. The summed E-state index contributed by atoms with van der Waals surface area (Å²) in [5, 5.41) is 10.9. The molecule has 0 saturated heterocycles. The number of amides is 1. The number of carboxylic acid groups (broad SMARTS) is 1. The van der Waals surface area contributed by atoms with E-state index >= 15 is 0 Å². The van der Waals surface area contributed by atoms with Gasteiger partial charge < -0.3 is 15.2 Å². The summed E-state index contributed by atoms with van der Waals surface area (Å²) in [6, 6.07) is 15.1. The molecule has 5 heteroatoms. The van der Waals surface area contributed by atoms with E-state index in [1.807, 2.05) is 48.5 Å². The van der Waals surface area contributed by atoms with Crippen molar-refractivity contribution in [1.82, 2.24) is 5.32 Å². The Kier molecular flexibility index (Phi) is 4.62. The maximum atomic E-state index is 10.4. The highest BCUT2D eigenvalue weighted by atomic mass is 127. The number of rotatable bonds is 4. The SMILES string of the molecule is O=C(O)NCc1cccc(Oc2cccc(I)c2)c1. The Morgan fingerprint density at radius 2 is 1.84 bits per heavy atom. The second kappa shape index (κ2) is 6.42. The van der Waals surface area contributed by atoms with Crippen molar-refractivity contribution in [3.8, 4) is 11.5 Å². The first-order chi connectivity index (χ1) is 9.13. The molecule has 1 amide bonds. The Balaban J connectivity index is 2.08. The molecule has 0 fully saturated rings. The van der Waals surface area contributed by atoms with Gasteiger partial charge in [0.1, 0.15) is 11.5 Å². The third kappa shape index (κ3) is 4.44.